The smallest absolute Gasteiger partial charge is 0.243 e. The number of amides is 2. The number of rotatable bonds is 6. The number of nitrogens with one attached hydrogen (secondary N) is 1. The number of piperidine rings is 1. The molecule has 170 valence electrons. The summed E-state index contributed by atoms with van der Waals surface area (Å²) in [5.74, 6) is -0.911. The largest absolute Gasteiger partial charge is 0.337 e. The number of hydrogen-bond acceptors (Lipinski definition) is 4. The van der Waals surface area contributed by atoms with Gasteiger partial charge in [-0.25, -0.2) is 8.42 Å². The van der Waals surface area contributed by atoms with E-state index in [-0.39, 0.29) is 23.1 Å². The van der Waals surface area contributed by atoms with Crippen molar-refractivity contribution in [2.24, 2.45) is 5.92 Å². The summed E-state index contributed by atoms with van der Waals surface area (Å²) in [5, 5.41) is 3.37. The number of carbonyl (C=O) groups is 2. The second kappa shape index (κ2) is 9.60. The molecule has 0 aliphatic carbocycles. The summed E-state index contributed by atoms with van der Waals surface area (Å²) < 4.78 is 27.3. The summed E-state index contributed by atoms with van der Waals surface area (Å²) in [6.07, 6.45) is 2.86. The van der Waals surface area contributed by atoms with Gasteiger partial charge in [-0.3, -0.25) is 9.59 Å². The molecule has 2 fully saturated rings. The molecule has 2 aliphatic rings. The lowest BCUT2D eigenvalue weighted by Gasteiger charge is -2.26. The molecule has 2 aliphatic heterocycles. The van der Waals surface area contributed by atoms with Crippen LogP contribution in [0.5, 0.6) is 0 Å². The van der Waals surface area contributed by atoms with Crippen molar-refractivity contribution in [2.75, 3.05) is 25.0 Å². The first-order valence-electron chi connectivity index (χ1n) is 10.8. The predicted octanol–water partition coefficient (Wildman–Crippen LogP) is 3.50. The van der Waals surface area contributed by atoms with Gasteiger partial charge in [0, 0.05) is 43.3 Å². The van der Waals surface area contributed by atoms with Crippen LogP contribution < -0.4 is 5.32 Å². The van der Waals surface area contributed by atoms with Gasteiger partial charge in [-0.2, -0.15) is 4.31 Å². The number of sulfonamides is 1. The molecule has 0 aromatic heterocycles. The van der Waals surface area contributed by atoms with Gasteiger partial charge >= 0.3 is 0 Å². The molecule has 1 N–H and O–H groups in total. The lowest BCUT2D eigenvalue weighted by Crippen LogP contribution is -2.35. The molecule has 0 saturated carbocycles. The second-order valence-corrected chi connectivity index (χ2v) is 10.6. The molecule has 0 radical (unpaired) electrons. The van der Waals surface area contributed by atoms with E-state index < -0.39 is 15.9 Å². The minimum absolute atomic E-state index is 0.105. The van der Waals surface area contributed by atoms with E-state index in [2.05, 4.69) is 5.32 Å². The highest BCUT2D eigenvalue weighted by atomic mass is 35.5. The number of hydrogen-bond donors (Lipinski definition) is 1. The third kappa shape index (κ3) is 4.98. The molecular formula is C23H26ClN3O4S. The van der Waals surface area contributed by atoms with Gasteiger partial charge in [0.2, 0.25) is 21.8 Å². The summed E-state index contributed by atoms with van der Waals surface area (Å²) in [5.41, 5.74) is 1.24. The molecular weight excluding hydrogens is 450 g/mol. The lowest BCUT2D eigenvalue weighted by molar-refractivity contribution is -0.128. The van der Waals surface area contributed by atoms with Gasteiger partial charge < -0.3 is 10.2 Å². The molecule has 2 aromatic carbocycles. The van der Waals surface area contributed by atoms with Gasteiger partial charge in [0.15, 0.2) is 0 Å². The summed E-state index contributed by atoms with van der Waals surface area (Å²) in [4.78, 5) is 27.0. The highest BCUT2D eigenvalue weighted by Gasteiger charge is 2.34. The number of nitrogens with zero attached hydrogens (tertiary/aromatic N) is 2. The molecule has 7 nitrogen and oxygen atoms in total. The summed E-state index contributed by atoms with van der Waals surface area (Å²) in [6, 6.07) is 13.6. The van der Waals surface area contributed by atoms with E-state index in [1.54, 1.807) is 29.2 Å². The van der Waals surface area contributed by atoms with Crippen LogP contribution in [0.25, 0.3) is 0 Å². The molecule has 2 saturated heterocycles. The van der Waals surface area contributed by atoms with Crippen molar-refractivity contribution in [1.82, 2.24) is 9.21 Å². The van der Waals surface area contributed by atoms with E-state index in [1.165, 1.54) is 10.4 Å². The fourth-order valence-electron chi connectivity index (χ4n) is 4.17. The maximum atomic E-state index is 12.9. The number of likely N-dealkylation sites (tertiary alicyclic amines) is 1. The number of carbonyl (C=O) groups excluding carboxylic acids is 2. The second-order valence-electron chi connectivity index (χ2n) is 8.25. The molecule has 4 rings (SSSR count). The molecule has 0 spiro atoms. The third-order valence-electron chi connectivity index (χ3n) is 5.96. The minimum Gasteiger partial charge on any atom is -0.337 e. The minimum atomic E-state index is -3.59. The molecule has 0 bridgehead atoms. The topological polar surface area (TPSA) is 86.8 Å². The number of halogens is 1. The average Bonchev–Trinajstić information content (AvgIpc) is 3.16. The Morgan fingerprint density at radius 1 is 1.06 bits per heavy atom. The number of benzene rings is 2. The molecule has 2 amide bonds. The first-order valence-corrected chi connectivity index (χ1v) is 12.6. The van der Waals surface area contributed by atoms with Crippen LogP contribution in [0, 0.1) is 5.92 Å². The fourth-order valence-corrected chi connectivity index (χ4v) is 5.92. The maximum absolute atomic E-state index is 12.9. The highest BCUT2D eigenvalue weighted by molar-refractivity contribution is 7.89. The Labute approximate surface area is 193 Å². The van der Waals surface area contributed by atoms with Crippen molar-refractivity contribution in [2.45, 2.75) is 37.1 Å². The zero-order valence-corrected chi connectivity index (χ0v) is 19.2. The lowest BCUT2D eigenvalue weighted by atomic mass is 10.1. The zero-order chi connectivity index (χ0) is 22.7. The third-order valence-corrected chi connectivity index (χ3v) is 8.22. The van der Waals surface area contributed by atoms with Crippen molar-refractivity contribution in [1.29, 1.82) is 0 Å². The Balaban J connectivity index is 1.41. The van der Waals surface area contributed by atoms with Gasteiger partial charge in [-0.1, -0.05) is 42.3 Å². The Kier molecular flexibility index (Phi) is 6.83. The Morgan fingerprint density at radius 3 is 2.56 bits per heavy atom. The average molecular weight is 476 g/mol. The van der Waals surface area contributed by atoms with Crippen molar-refractivity contribution in [3.05, 3.63) is 59.1 Å². The molecule has 1 atom stereocenters. The molecule has 32 heavy (non-hydrogen) atoms. The van der Waals surface area contributed by atoms with Crippen LogP contribution in [0.3, 0.4) is 0 Å². The first kappa shape index (κ1) is 22.8. The van der Waals surface area contributed by atoms with E-state index in [4.69, 9.17) is 11.6 Å². The SMILES string of the molecule is O=C(Nc1cccc(S(=O)(=O)N2CCCCC2)c1)C1CC(=O)N(Cc2ccccc2Cl)C1. The van der Waals surface area contributed by atoms with Crippen LogP contribution in [-0.4, -0.2) is 49.1 Å². The van der Waals surface area contributed by atoms with Gasteiger partial charge in [0.25, 0.3) is 0 Å². The van der Waals surface area contributed by atoms with Crippen molar-refractivity contribution < 1.29 is 18.0 Å². The van der Waals surface area contributed by atoms with Crippen molar-refractivity contribution >= 4 is 39.1 Å². The van der Waals surface area contributed by atoms with Crippen molar-refractivity contribution in [3.63, 3.8) is 0 Å². The molecule has 1 unspecified atom stereocenters. The van der Waals surface area contributed by atoms with Gasteiger partial charge in [-0.05, 0) is 42.7 Å². The van der Waals surface area contributed by atoms with E-state index >= 15 is 0 Å². The van der Waals surface area contributed by atoms with E-state index in [1.807, 2.05) is 18.2 Å². The van der Waals surface area contributed by atoms with E-state index in [0.29, 0.717) is 36.9 Å². The predicted molar refractivity (Wildman–Crippen MR) is 123 cm³/mol. The number of anilines is 1. The van der Waals surface area contributed by atoms with Crippen LogP contribution in [-0.2, 0) is 26.2 Å². The normalized spacial score (nSPS) is 19.8. The standard InChI is InChI=1S/C23H26ClN3O4S/c24-21-10-3-2-7-17(21)15-26-16-18(13-22(26)28)23(29)25-19-8-6-9-20(14-19)32(30,31)27-11-4-1-5-12-27/h2-3,6-10,14,18H,1,4-5,11-13,15-16H2,(H,25,29). The summed E-state index contributed by atoms with van der Waals surface area (Å²) >= 11 is 6.19. The Morgan fingerprint density at radius 2 is 1.81 bits per heavy atom. The van der Waals surface area contributed by atoms with Gasteiger partial charge in [0.1, 0.15) is 0 Å². The summed E-state index contributed by atoms with van der Waals surface area (Å²) in [6.45, 7) is 1.68. The molecule has 2 aromatic rings. The van der Waals surface area contributed by atoms with E-state index in [9.17, 15) is 18.0 Å². The maximum Gasteiger partial charge on any atom is 0.243 e. The van der Waals surface area contributed by atoms with Crippen molar-refractivity contribution in [3.8, 4) is 0 Å². The van der Waals surface area contributed by atoms with Crippen LogP contribution in [0.2, 0.25) is 5.02 Å². The van der Waals surface area contributed by atoms with Gasteiger partial charge in [0.05, 0.1) is 10.8 Å². The quantitative estimate of drug-likeness (QED) is 0.692. The van der Waals surface area contributed by atoms with Crippen LogP contribution in [0.15, 0.2) is 53.4 Å². The Hall–Kier alpha value is -2.42. The monoisotopic (exact) mass is 475 g/mol. The van der Waals surface area contributed by atoms with Crippen LogP contribution in [0.1, 0.15) is 31.2 Å². The van der Waals surface area contributed by atoms with Crippen LogP contribution >= 0.6 is 11.6 Å². The first-order chi connectivity index (χ1) is 15.3. The molecule has 2 heterocycles. The van der Waals surface area contributed by atoms with E-state index in [0.717, 1.165) is 24.8 Å². The Bertz CT molecular complexity index is 1120. The van der Waals surface area contributed by atoms with Crippen LogP contribution in [0.4, 0.5) is 5.69 Å². The fraction of sp³-hybridized carbons (Fsp3) is 0.391. The van der Waals surface area contributed by atoms with Gasteiger partial charge in [-0.15, -0.1) is 0 Å². The summed E-state index contributed by atoms with van der Waals surface area (Å²) in [7, 11) is -3.59. The highest BCUT2D eigenvalue weighted by Crippen LogP contribution is 2.26. The molecule has 9 heteroatoms. The zero-order valence-electron chi connectivity index (χ0n) is 17.7.